The van der Waals surface area contributed by atoms with Gasteiger partial charge in [0.05, 0.1) is 11.1 Å². The Kier molecular flexibility index (Phi) is 6.22. The molecular weight excluding hydrogens is 460 g/mol. The van der Waals surface area contributed by atoms with Gasteiger partial charge in [0.2, 0.25) is 5.91 Å². The average molecular weight is 478 g/mol. The summed E-state index contributed by atoms with van der Waals surface area (Å²) >= 11 is 3.98. The second-order valence-electron chi connectivity index (χ2n) is 6.90. The number of rotatable bonds is 6. The molecule has 0 aliphatic heterocycles. The van der Waals surface area contributed by atoms with Crippen LogP contribution in [0.4, 0.5) is 14.5 Å². The molecule has 160 valence electrons. The highest BCUT2D eigenvalue weighted by Gasteiger charge is 2.20. The molecule has 3 heterocycles. The van der Waals surface area contributed by atoms with E-state index in [1.165, 1.54) is 17.4 Å². The van der Waals surface area contributed by atoms with Gasteiger partial charge in [0.25, 0.3) is 5.56 Å². The summed E-state index contributed by atoms with van der Waals surface area (Å²) in [4.78, 5) is 31.8. The van der Waals surface area contributed by atoms with Crippen molar-refractivity contribution in [1.29, 1.82) is 0 Å². The van der Waals surface area contributed by atoms with Crippen molar-refractivity contribution in [2.45, 2.75) is 25.0 Å². The minimum absolute atomic E-state index is 0.151. The van der Waals surface area contributed by atoms with E-state index in [-0.39, 0.29) is 17.4 Å². The smallest absolute Gasteiger partial charge is 0.263 e. The number of halogens is 2. The molecule has 0 fully saturated rings. The van der Waals surface area contributed by atoms with Crippen molar-refractivity contribution in [2.24, 2.45) is 0 Å². The van der Waals surface area contributed by atoms with Crippen LogP contribution in [0.25, 0.3) is 20.7 Å². The molecule has 0 saturated carbocycles. The van der Waals surface area contributed by atoms with E-state index in [1.54, 1.807) is 15.9 Å². The maximum Gasteiger partial charge on any atom is 0.263 e. The summed E-state index contributed by atoms with van der Waals surface area (Å²) in [7, 11) is 0. The number of carbonyl (C=O) groups is 1. The molecule has 0 unspecified atom stereocenters. The minimum atomic E-state index is -0.850. The Balaban J connectivity index is 1.64. The van der Waals surface area contributed by atoms with Crippen LogP contribution in [-0.4, -0.2) is 21.2 Å². The number of nitrogens with one attached hydrogen (secondary N) is 1. The standard InChI is InChI=1S/C21H17F2N3O2S3/c1-11(2)26-20(28)17-12(15-7-4-8-29-15)9-30-19(17)25-21(26)31-10-16(27)24-18-13(22)5-3-6-14(18)23/h3-9,11H,10H2,1-2H3,(H,24,27). The summed E-state index contributed by atoms with van der Waals surface area (Å²) in [6.45, 7) is 3.73. The van der Waals surface area contributed by atoms with E-state index < -0.39 is 23.2 Å². The predicted molar refractivity (Wildman–Crippen MR) is 123 cm³/mol. The van der Waals surface area contributed by atoms with Gasteiger partial charge in [-0.1, -0.05) is 23.9 Å². The average Bonchev–Trinajstić information content (AvgIpc) is 3.38. The predicted octanol–water partition coefficient (Wildman–Crippen LogP) is 5.78. The van der Waals surface area contributed by atoms with E-state index in [0.717, 1.165) is 34.3 Å². The van der Waals surface area contributed by atoms with Crippen LogP contribution >= 0.6 is 34.4 Å². The molecule has 1 amide bonds. The van der Waals surface area contributed by atoms with Gasteiger partial charge in [-0.25, -0.2) is 13.8 Å². The number of thioether (sulfide) groups is 1. The van der Waals surface area contributed by atoms with Crippen molar-refractivity contribution in [3.8, 4) is 10.4 Å². The van der Waals surface area contributed by atoms with Crippen LogP contribution < -0.4 is 10.9 Å². The molecule has 1 N–H and O–H groups in total. The van der Waals surface area contributed by atoms with Crippen LogP contribution in [0.2, 0.25) is 0 Å². The van der Waals surface area contributed by atoms with E-state index in [0.29, 0.717) is 15.4 Å². The first-order valence-electron chi connectivity index (χ1n) is 9.31. The number of amides is 1. The number of nitrogens with zero attached hydrogens (tertiary/aromatic N) is 2. The van der Waals surface area contributed by atoms with Gasteiger partial charge in [-0.3, -0.25) is 14.2 Å². The molecule has 0 aliphatic carbocycles. The first kappa shape index (κ1) is 21.7. The van der Waals surface area contributed by atoms with Crippen molar-refractivity contribution in [3.63, 3.8) is 0 Å². The highest BCUT2D eigenvalue weighted by atomic mass is 32.2. The first-order valence-corrected chi connectivity index (χ1v) is 12.1. The largest absolute Gasteiger partial charge is 0.320 e. The first-order chi connectivity index (χ1) is 14.9. The van der Waals surface area contributed by atoms with Crippen LogP contribution in [0, 0.1) is 11.6 Å². The maximum absolute atomic E-state index is 13.8. The Morgan fingerprint density at radius 1 is 1.19 bits per heavy atom. The van der Waals surface area contributed by atoms with Crippen molar-refractivity contribution < 1.29 is 13.6 Å². The SMILES string of the molecule is CC(C)n1c(SCC(=O)Nc2c(F)cccc2F)nc2scc(-c3cccs3)c2c1=O. The van der Waals surface area contributed by atoms with Crippen LogP contribution in [0.3, 0.4) is 0 Å². The topological polar surface area (TPSA) is 64.0 Å². The lowest BCUT2D eigenvalue weighted by Gasteiger charge is -2.15. The molecule has 5 nitrogen and oxygen atoms in total. The molecule has 4 rings (SSSR count). The number of aromatic nitrogens is 2. The lowest BCUT2D eigenvalue weighted by Crippen LogP contribution is -2.25. The third kappa shape index (κ3) is 4.28. The molecule has 0 spiro atoms. The van der Waals surface area contributed by atoms with E-state index in [4.69, 9.17) is 0 Å². The van der Waals surface area contributed by atoms with Crippen LogP contribution in [0.15, 0.2) is 51.0 Å². The van der Waals surface area contributed by atoms with Crippen LogP contribution in [0.5, 0.6) is 0 Å². The fourth-order valence-electron chi connectivity index (χ4n) is 3.08. The van der Waals surface area contributed by atoms with Gasteiger partial charge in [-0.15, -0.1) is 22.7 Å². The number of anilines is 1. The highest BCUT2D eigenvalue weighted by molar-refractivity contribution is 7.99. The molecule has 0 aliphatic rings. The highest BCUT2D eigenvalue weighted by Crippen LogP contribution is 2.35. The van der Waals surface area contributed by atoms with Crippen molar-refractivity contribution in [2.75, 3.05) is 11.1 Å². The molecule has 0 saturated heterocycles. The second-order valence-corrected chi connectivity index (χ2v) is 9.65. The maximum atomic E-state index is 13.8. The van der Waals surface area contributed by atoms with E-state index >= 15 is 0 Å². The molecule has 0 atom stereocenters. The Labute approximate surface area is 188 Å². The van der Waals surface area contributed by atoms with E-state index in [2.05, 4.69) is 10.3 Å². The number of benzene rings is 1. The Hall–Kier alpha value is -2.56. The lowest BCUT2D eigenvalue weighted by atomic mass is 10.2. The molecule has 0 radical (unpaired) electrons. The van der Waals surface area contributed by atoms with Crippen molar-refractivity contribution in [3.05, 3.63) is 63.1 Å². The quantitative estimate of drug-likeness (QED) is 0.283. The third-order valence-electron chi connectivity index (χ3n) is 4.47. The number of para-hydroxylation sites is 1. The fraction of sp³-hybridized carbons (Fsp3) is 0.190. The summed E-state index contributed by atoms with van der Waals surface area (Å²) in [5.74, 6) is -2.45. The monoisotopic (exact) mass is 477 g/mol. The van der Waals surface area contributed by atoms with E-state index in [9.17, 15) is 18.4 Å². The van der Waals surface area contributed by atoms with Gasteiger partial charge in [0.15, 0.2) is 5.16 Å². The zero-order valence-corrected chi connectivity index (χ0v) is 19.0. The molecule has 0 bridgehead atoms. The minimum Gasteiger partial charge on any atom is -0.320 e. The number of fused-ring (bicyclic) bond motifs is 1. The van der Waals surface area contributed by atoms with Crippen LogP contribution in [-0.2, 0) is 4.79 Å². The molecular formula is C21H17F2N3O2S3. The number of hydrogen-bond donors (Lipinski definition) is 1. The van der Waals surface area contributed by atoms with Gasteiger partial charge >= 0.3 is 0 Å². The summed E-state index contributed by atoms with van der Waals surface area (Å²) in [5.41, 5.74) is 0.190. The molecule has 1 aromatic carbocycles. The number of carbonyl (C=O) groups excluding carboxylic acids is 1. The van der Waals surface area contributed by atoms with Gasteiger partial charge in [-0.2, -0.15) is 0 Å². The van der Waals surface area contributed by atoms with Crippen LogP contribution in [0.1, 0.15) is 19.9 Å². The Bertz CT molecular complexity index is 1290. The van der Waals surface area contributed by atoms with Gasteiger partial charge in [0, 0.05) is 21.9 Å². The number of thiophene rings is 2. The van der Waals surface area contributed by atoms with Crippen molar-refractivity contribution in [1.82, 2.24) is 9.55 Å². The van der Waals surface area contributed by atoms with Crippen molar-refractivity contribution >= 4 is 56.2 Å². The summed E-state index contributed by atoms with van der Waals surface area (Å²) in [6, 6.07) is 7.06. The molecule has 31 heavy (non-hydrogen) atoms. The molecule has 3 aromatic heterocycles. The zero-order valence-electron chi connectivity index (χ0n) is 16.5. The van der Waals surface area contributed by atoms with Gasteiger partial charge in [-0.05, 0) is 37.4 Å². The van der Waals surface area contributed by atoms with E-state index in [1.807, 2.05) is 36.7 Å². The lowest BCUT2D eigenvalue weighted by molar-refractivity contribution is -0.113. The Morgan fingerprint density at radius 3 is 2.58 bits per heavy atom. The summed E-state index contributed by atoms with van der Waals surface area (Å²) in [6.07, 6.45) is 0. The number of hydrogen-bond acceptors (Lipinski definition) is 6. The third-order valence-corrected chi connectivity index (χ3v) is 7.20. The van der Waals surface area contributed by atoms with Gasteiger partial charge in [0.1, 0.15) is 22.2 Å². The Morgan fingerprint density at radius 2 is 1.94 bits per heavy atom. The zero-order chi connectivity index (χ0) is 22.1. The summed E-state index contributed by atoms with van der Waals surface area (Å²) in [5, 5.41) is 7.06. The fourth-order valence-corrected chi connectivity index (χ4v) is 5.81. The molecule has 4 aromatic rings. The normalized spacial score (nSPS) is 11.4. The second kappa shape index (κ2) is 8.89. The molecule has 10 heteroatoms. The van der Waals surface area contributed by atoms with Gasteiger partial charge < -0.3 is 5.32 Å². The summed E-state index contributed by atoms with van der Waals surface area (Å²) < 4.78 is 29.1.